The zero-order valence-corrected chi connectivity index (χ0v) is 18.5. The smallest absolute Gasteiger partial charge is 0.157 e. The molecule has 152 valence electrons. The third-order valence-corrected chi connectivity index (χ3v) is 5.94. The maximum Gasteiger partial charge on any atom is 0.157 e. The van der Waals surface area contributed by atoms with E-state index in [4.69, 9.17) is 4.98 Å². The van der Waals surface area contributed by atoms with Crippen molar-refractivity contribution in [2.75, 3.05) is 5.32 Å². The van der Waals surface area contributed by atoms with Gasteiger partial charge in [0.2, 0.25) is 0 Å². The lowest BCUT2D eigenvalue weighted by atomic mass is 9.97. The lowest BCUT2D eigenvalue weighted by Crippen LogP contribution is -2.31. The van der Waals surface area contributed by atoms with Crippen molar-refractivity contribution < 1.29 is 0 Å². The number of aromatic nitrogens is 3. The molecule has 0 aliphatic heterocycles. The number of thiophene rings is 1. The first kappa shape index (κ1) is 20.2. The van der Waals surface area contributed by atoms with Gasteiger partial charge in [0.05, 0.1) is 11.1 Å². The highest BCUT2D eigenvalue weighted by molar-refractivity contribution is 7.13. The lowest BCUT2D eigenvalue weighted by Gasteiger charge is -2.27. The Balaban J connectivity index is 1.69. The van der Waals surface area contributed by atoms with Crippen LogP contribution in [0.2, 0.25) is 0 Å². The van der Waals surface area contributed by atoms with Crippen LogP contribution in [0.4, 0.5) is 5.82 Å². The van der Waals surface area contributed by atoms with E-state index in [0.29, 0.717) is 0 Å². The summed E-state index contributed by atoms with van der Waals surface area (Å²) in [5, 5.41) is 5.85. The predicted molar refractivity (Wildman–Crippen MR) is 126 cm³/mol. The molecular weight excluding hydrogens is 388 g/mol. The Labute approximate surface area is 182 Å². The van der Waals surface area contributed by atoms with Crippen molar-refractivity contribution in [3.63, 3.8) is 0 Å². The summed E-state index contributed by atoms with van der Waals surface area (Å²) in [5.74, 6) is 7.52. The third-order valence-electron chi connectivity index (χ3n) is 5.00. The van der Waals surface area contributed by atoms with Crippen molar-refractivity contribution in [1.82, 2.24) is 14.4 Å². The number of fused-ring (bicyclic) bond motifs is 1. The molecule has 0 unspecified atom stereocenters. The highest BCUT2D eigenvalue weighted by atomic mass is 32.1. The SMILES string of the molecule is CCCCC(C)(C)Nc1c(-c2cc(C#Cc3ccccc3)cs2)nc2cnccn12. The maximum absolute atomic E-state index is 4.88. The lowest BCUT2D eigenvalue weighted by molar-refractivity contribution is 0.491. The molecule has 0 radical (unpaired) electrons. The minimum atomic E-state index is -0.0306. The Bertz CT molecular complexity index is 1190. The van der Waals surface area contributed by atoms with Gasteiger partial charge in [-0.1, -0.05) is 49.8 Å². The minimum Gasteiger partial charge on any atom is -0.364 e. The largest absolute Gasteiger partial charge is 0.364 e. The van der Waals surface area contributed by atoms with Crippen LogP contribution in [0.1, 0.15) is 51.2 Å². The van der Waals surface area contributed by atoms with Gasteiger partial charge < -0.3 is 5.32 Å². The molecule has 0 saturated carbocycles. The first-order valence-electron chi connectivity index (χ1n) is 10.3. The van der Waals surface area contributed by atoms with Crippen LogP contribution in [0.25, 0.3) is 16.2 Å². The summed E-state index contributed by atoms with van der Waals surface area (Å²) in [6.45, 7) is 6.72. The number of rotatable bonds is 6. The molecule has 4 aromatic rings. The van der Waals surface area contributed by atoms with E-state index in [9.17, 15) is 0 Å². The molecule has 0 bridgehead atoms. The second-order valence-electron chi connectivity index (χ2n) is 8.04. The summed E-state index contributed by atoms with van der Waals surface area (Å²) in [5.41, 5.74) is 3.78. The van der Waals surface area contributed by atoms with E-state index >= 15 is 0 Å². The van der Waals surface area contributed by atoms with Gasteiger partial charge >= 0.3 is 0 Å². The molecule has 4 rings (SSSR count). The Morgan fingerprint density at radius 2 is 1.93 bits per heavy atom. The molecule has 30 heavy (non-hydrogen) atoms. The highest BCUT2D eigenvalue weighted by Crippen LogP contribution is 2.35. The number of imidazole rings is 1. The van der Waals surface area contributed by atoms with Crippen molar-refractivity contribution in [1.29, 1.82) is 0 Å². The normalized spacial score (nSPS) is 11.3. The Morgan fingerprint density at radius 3 is 2.73 bits per heavy atom. The molecule has 0 aliphatic rings. The van der Waals surface area contributed by atoms with E-state index in [-0.39, 0.29) is 5.54 Å². The number of benzene rings is 1. The second kappa shape index (κ2) is 8.73. The van der Waals surface area contributed by atoms with Gasteiger partial charge in [0.15, 0.2) is 5.65 Å². The Hall–Kier alpha value is -3.10. The monoisotopic (exact) mass is 414 g/mol. The number of nitrogens with one attached hydrogen (secondary N) is 1. The van der Waals surface area contributed by atoms with E-state index in [1.54, 1.807) is 23.7 Å². The molecule has 0 saturated heterocycles. The molecule has 1 N–H and O–H groups in total. The first-order chi connectivity index (χ1) is 14.6. The molecule has 3 aromatic heterocycles. The summed E-state index contributed by atoms with van der Waals surface area (Å²) >= 11 is 1.67. The number of nitrogens with zero attached hydrogens (tertiary/aromatic N) is 3. The Kier molecular flexibility index (Phi) is 5.87. The highest BCUT2D eigenvalue weighted by Gasteiger charge is 2.23. The fraction of sp³-hybridized carbons (Fsp3) is 0.280. The van der Waals surface area contributed by atoms with E-state index in [2.05, 4.69) is 58.8 Å². The van der Waals surface area contributed by atoms with E-state index in [0.717, 1.165) is 39.6 Å². The van der Waals surface area contributed by atoms with Gasteiger partial charge in [-0.3, -0.25) is 9.38 Å². The van der Waals surface area contributed by atoms with Crippen molar-refractivity contribution in [3.05, 3.63) is 71.5 Å². The molecule has 0 fully saturated rings. The van der Waals surface area contributed by atoms with Crippen LogP contribution in [-0.2, 0) is 0 Å². The number of unbranched alkanes of at least 4 members (excludes halogenated alkanes) is 1. The molecule has 4 nitrogen and oxygen atoms in total. The van der Waals surface area contributed by atoms with Gasteiger partial charge in [-0.2, -0.15) is 0 Å². The van der Waals surface area contributed by atoms with Gasteiger partial charge in [-0.25, -0.2) is 4.98 Å². The van der Waals surface area contributed by atoms with Crippen LogP contribution < -0.4 is 5.32 Å². The van der Waals surface area contributed by atoms with Crippen molar-refractivity contribution in [2.24, 2.45) is 0 Å². The zero-order valence-electron chi connectivity index (χ0n) is 17.6. The van der Waals surface area contributed by atoms with Gasteiger partial charge in [-0.05, 0) is 38.5 Å². The van der Waals surface area contributed by atoms with Crippen molar-refractivity contribution in [3.8, 4) is 22.4 Å². The van der Waals surface area contributed by atoms with Crippen LogP contribution in [-0.4, -0.2) is 19.9 Å². The van der Waals surface area contributed by atoms with Crippen LogP contribution >= 0.6 is 11.3 Å². The molecule has 1 aromatic carbocycles. The molecular formula is C25H26N4S. The Morgan fingerprint density at radius 1 is 1.13 bits per heavy atom. The summed E-state index contributed by atoms with van der Waals surface area (Å²) in [6, 6.07) is 12.2. The molecule has 5 heteroatoms. The molecule has 0 amide bonds. The molecule has 0 atom stereocenters. The van der Waals surface area contributed by atoms with Gasteiger partial charge in [0, 0.05) is 34.4 Å². The van der Waals surface area contributed by atoms with Crippen molar-refractivity contribution >= 4 is 22.8 Å². The molecule has 3 heterocycles. The maximum atomic E-state index is 4.88. The second-order valence-corrected chi connectivity index (χ2v) is 8.95. The van der Waals surface area contributed by atoms with E-state index in [1.807, 2.05) is 36.5 Å². The minimum absolute atomic E-state index is 0.0306. The zero-order chi connectivity index (χ0) is 21.0. The van der Waals surface area contributed by atoms with Gasteiger partial charge in [0.25, 0.3) is 0 Å². The van der Waals surface area contributed by atoms with Crippen LogP contribution in [0.5, 0.6) is 0 Å². The fourth-order valence-electron chi connectivity index (χ4n) is 3.39. The third kappa shape index (κ3) is 4.55. The first-order valence-corrected chi connectivity index (χ1v) is 11.2. The summed E-state index contributed by atoms with van der Waals surface area (Å²) < 4.78 is 2.09. The average Bonchev–Trinajstić information content (AvgIpc) is 3.36. The average molecular weight is 415 g/mol. The summed E-state index contributed by atoms with van der Waals surface area (Å²) in [4.78, 5) is 10.2. The van der Waals surface area contributed by atoms with Crippen LogP contribution in [0.3, 0.4) is 0 Å². The topological polar surface area (TPSA) is 42.2 Å². The molecule has 0 spiro atoms. The quantitative estimate of drug-likeness (QED) is 0.380. The number of hydrogen-bond acceptors (Lipinski definition) is 4. The van der Waals surface area contributed by atoms with Crippen LogP contribution in [0.15, 0.2) is 60.4 Å². The predicted octanol–water partition coefficient (Wildman–Crippen LogP) is 6.24. The number of hydrogen-bond donors (Lipinski definition) is 1. The standard InChI is InChI=1S/C25H26N4S/c1-4-5-13-25(2,3)28-24-23(27-22-17-26-14-15-29(22)24)21-16-20(18-30-21)12-11-19-9-7-6-8-10-19/h6-10,14-18,28H,4-5,13H2,1-3H3. The summed E-state index contributed by atoms with van der Waals surface area (Å²) in [6.07, 6.45) is 9.04. The molecule has 0 aliphatic carbocycles. The van der Waals surface area contributed by atoms with E-state index < -0.39 is 0 Å². The van der Waals surface area contributed by atoms with E-state index in [1.165, 1.54) is 12.8 Å². The van der Waals surface area contributed by atoms with Gasteiger partial charge in [0.1, 0.15) is 11.5 Å². The van der Waals surface area contributed by atoms with Gasteiger partial charge in [-0.15, -0.1) is 11.3 Å². The van der Waals surface area contributed by atoms with Crippen molar-refractivity contribution in [2.45, 2.75) is 45.6 Å². The number of anilines is 1. The van der Waals surface area contributed by atoms with Crippen LogP contribution in [0, 0.1) is 11.8 Å². The summed E-state index contributed by atoms with van der Waals surface area (Å²) in [7, 11) is 0. The fourth-order valence-corrected chi connectivity index (χ4v) is 4.22.